The fraction of sp³-hybridized carbons (Fsp3) is 0.381. The largest absolute Gasteiger partial charge is 0.486 e. The van der Waals surface area contributed by atoms with Crippen molar-refractivity contribution in [2.75, 3.05) is 33.0 Å². The molecule has 4 rings (SSSR count). The van der Waals surface area contributed by atoms with E-state index in [0.717, 1.165) is 18.4 Å². The number of hydrogen-bond donors (Lipinski definition) is 1. The number of carbonyl (C=O) groups excluding carboxylic acids is 1. The number of amides is 1. The van der Waals surface area contributed by atoms with E-state index < -0.39 is 0 Å². The van der Waals surface area contributed by atoms with Crippen LogP contribution in [0.1, 0.15) is 28.8 Å². The van der Waals surface area contributed by atoms with Gasteiger partial charge in [0.1, 0.15) is 19.0 Å². The lowest BCUT2D eigenvalue weighted by Gasteiger charge is -2.38. The Bertz CT molecular complexity index is 815. The van der Waals surface area contributed by atoms with Gasteiger partial charge in [0.15, 0.2) is 11.5 Å². The second-order valence-electron chi connectivity index (χ2n) is 6.94. The number of ether oxygens (including phenoxy) is 3. The average Bonchev–Trinajstić information content (AvgIpc) is 2.73. The van der Waals surface area contributed by atoms with Crippen LogP contribution in [0.5, 0.6) is 11.5 Å². The van der Waals surface area contributed by atoms with Gasteiger partial charge in [-0.2, -0.15) is 0 Å². The van der Waals surface area contributed by atoms with Gasteiger partial charge < -0.3 is 19.5 Å². The molecule has 142 valence electrons. The Balaban J connectivity index is 1.50. The second-order valence-corrected chi connectivity index (χ2v) is 6.94. The number of carbonyl (C=O) groups is 1. The lowest BCUT2D eigenvalue weighted by Crippen LogP contribution is -2.44. The van der Waals surface area contributed by atoms with E-state index >= 15 is 0 Å². The van der Waals surface area contributed by atoms with Gasteiger partial charge in [0, 0.05) is 30.7 Å². The summed E-state index contributed by atoms with van der Waals surface area (Å²) in [6, 6.07) is 11.7. The van der Waals surface area contributed by atoms with E-state index in [0.29, 0.717) is 50.0 Å². The van der Waals surface area contributed by atoms with Crippen LogP contribution in [0.4, 0.5) is 4.39 Å². The monoisotopic (exact) mass is 371 g/mol. The molecule has 0 radical (unpaired) electrons. The maximum absolute atomic E-state index is 13.3. The highest BCUT2D eigenvalue weighted by atomic mass is 19.1. The van der Waals surface area contributed by atoms with Crippen molar-refractivity contribution in [3.63, 3.8) is 0 Å². The van der Waals surface area contributed by atoms with Crippen LogP contribution in [0.3, 0.4) is 0 Å². The van der Waals surface area contributed by atoms with Gasteiger partial charge in [-0.1, -0.05) is 12.1 Å². The molecule has 0 bridgehead atoms. The zero-order valence-corrected chi connectivity index (χ0v) is 15.0. The van der Waals surface area contributed by atoms with E-state index in [1.807, 2.05) is 0 Å². The molecule has 0 aromatic heterocycles. The summed E-state index contributed by atoms with van der Waals surface area (Å²) in [5, 5.41) is 3.04. The molecular formula is C21H22FNO4. The van der Waals surface area contributed by atoms with Crippen molar-refractivity contribution in [3.8, 4) is 11.5 Å². The molecule has 2 aliphatic heterocycles. The Morgan fingerprint density at radius 3 is 2.41 bits per heavy atom. The summed E-state index contributed by atoms with van der Waals surface area (Å²) in [7, 11) is 0. The Hall–Kier alpha value is -2.60. The highest BCUT2D eigenvalue weighted by Crippen LogP contribution is 2.35. The summed E-state index contributed by atoms with van der Waals surface area (Å²) < 4.78 is 29.9. The van der Waals surface area contributed by atoms with E-state index in [1.165, 1.54) is 12.1 Å². The lowest BCUT2D eigenvalue weighted by atomic mass is 9.74. The molecule has 2 aromatic rings. The van der Waals surface area contributed by atoms with Gasteiger partial charge in [0.2, 0.25) is 0 Å². The van der Waals surface area contributed by atoms with Crippen molar-refractivity contribution in [3.05, 3.63) is 59.4 Å². The van der Waals surface area contributed by atoms with E-state index in [1.54, 1.807) is 30.3 Å². The highest BCUT2D eigenvalue weighted by molar-refractivity contribution is 5.95. The fourth-order valence-electron chi connectivity index (χ4n) is 3.67. The molecule has 1 N–H and O–H groups in total. The minimum atomic E-state index is -0.263. The van der Waals surface area contributed by atoms with Crippen LogP contribution < -0.4 is 14.8 Å². The molecule has 6 heteroatoms. The summed E-state index contributed by atoms with van der Waals surface area (Å²) in [4.78, 5) is 12.7. The molecule has 5 nitrogen and oxygen atoms in total. The fourth-order valence-corrected chi connectivity index (χ4v) is 3.67. The lowest BCUT2D eigenvalue weighted by molar-refractivity contribution is 0.0487. The zero-order chi connectivity index (χ0) is 18.7. The first kappa shape index (κ1) is 17.8. The van der Waals surface area contributed by atoms with Gasteiger partial charge in [0.25, 0.3) is 5.91 Å². The summed E-state index contributed by atoms with van der Waals surface area (Å²) in [6.45, 7) is 2.70. The first-order chi connectivity index (χ1) is 13.2. The molecule has 1 amide bonds. The Labute approximate surface area is 157 Å². The Morgan fingerprint density at radius 1 is 0.963 bits per heavy atom. The highest BCUT2D eigenvalue weighted by Gasteiger charge is 2.35. The topological polar surface area (TPSA) is 56.8 Å². The maximum atomic E-state index is 13.3. The Morgan fingerprint density at radius 2 is 1.67 bits per heavy atom. The van der Waals surface area contributed by atoms with Crippen molar-refractivity contribution in [1.29, 1.82) is 0 Å². The minimum absolute atomic E-state index is 0.167. The molecule has 2 aliphatic rings. The van der Waals surface area contributed by atoms with E-state index in [-0.39, 0.29) is 17.1 Å². The Kier molecular flexibility index (Phi) is 4.99. The molecule has 0 aliphatic carbocycles. The van der Waals surface area contributed by atoms with Gasteiger partial charge in [-0.05, 0) is 48.7 Å². The number of nitrogens with one attached hydrogen (secondary N) is 1. The minimum Gasteiger partial charge on any atom is -0.486 e. The molecule has 2 aromatic carbocycles. The van der Waals surface area contributed by atoms with Crippen molar-refractivity contribution < 1.29 is 23.4 Å². The van der Waals surface area contributed by atoms with Crippen LogP contribution in [0.25, 0.3) is 0 Å². The predicted octanol–water partition coefficient (Wildman–Crippen LogP) is 3.08. The van der Waals surface area contributed by atoms with E-state index in [2.05, 4.69) is 5.32 Å². The van der Waals surface area contributed by atoms with Crippen LogP contribution in [-0.4, -0.2) is 38.9 Å². The molecule has 1 fully saturated rings. The van der Waals surface area contributed by atoms with Gasteiger partial charge >= 0.3 is 0 Å². The standard InChI is InChI=1S/C21H22FNO4/c22-17-4-2-16(3-5-17)21(7-9-25-10-8-21)14-23-20(24)15-1-6-18-19(13-15)27-12-11-26-18/h1-6,13H,7-12,14H2,(H,23,24). The van der Waals surface area contributed by atoms with Crippen LogP contribution in [0.15, 0.2) is 42.5 Å². The average molecular weight is 371 g/mol. The number of halogens is 1. The van der Waals surface area contributed by atoms with Gasteiger partial charge in [-0.15, -0.1) is 0 Å². The summed E-state index contributed by atoms with van der Waals surface area (Å²) in [5.74, 6) is 0.819. The molecule has 27 heavy (non-hydrogen) atoms. The van der Waals surface area contributed by atoms with Crippen molar-refractivity contribution in [2.24, 2.45) is 0 Å². The summed E-state index contributed by atoms with van der Waals surface area (Å²) in [6.07, 6.45) is 1.56. The van der Waals surface area contributed by atoms with Crippen LogP contribution in [-0.2, 0) is 10.2 Å². The third kappa shape index (κ3) is 3.76. The summed E-state index contributed by atoms with van der Waals surface area (Å²) >= 11 is 0. The van der Waals surface area contributed by atoms with Gasteiger partial charge in [-0.3, -0.25) is 4.79 Å². The third-order valence-electron chi connectivity index (χ3n) is 5.30. The number of hydrogen-bond acceptors (Lipinski definition) is 4. The maximum Gasteiger partial charge on any atom is 0.251 e. The van der Waals surface area contributed by atoms with Crippen LogP contribution in [0.2, 0.25) is 0 Å². The molecule has 0 saturated carbocycles. The number of rotatable bonds is 4. The summed E-state index contributed by atoms with van der Waals surface area (Å²) in [5.41, 5.74) is 1.30. The molecule has 0 unspecified atom stereocenters. The van der Waals surface area contributed by atoms with E-state index in [9.17, 15) is 9.18 Å². The molecule has 0 atom stereocenters. The van der Waals surface area contributed by atoms with Gasteiger partial charge in [-0.25, -0.2) is 4.39 Å². The smallest absolute Gasteiger partial charge is 0.251 e. The normalized spacial score (nSPS) is 18.0. The molecule has 2 heterocycles. The number of benzene rings is 2. The molecule has 0 spiro atoms. The third-order valence-corrected chi connectivity index (χ3v) is 5.30. The van der Waals surface area contributed by atoms with Crippen molar-refractivity contribution in [2.45, 2.75) is 18.3 Å². The number of fused-ring (bicyclic) bond motifs is 1. The predicted molar refractivity (Wildman–Crippen MR) is 97.9 cm³/mol. The first-order valence-corrected chi connectivity index (χ1v) is 9.18. The SMILES string of the molecule is O=C(NCC1(c2ccc(F)cc2)CCOCC1)c1ccc2c(c1)OCCO2. The van der Waals surface area contributed by atoms with E-state index in [4.69, 9.17) is 14.2 Å². The quantitative estimate of drug-likeness (QED) is 0.897. The van der Waals surface area contributed by atoms with Crippen molar-refractivity contribution >= 4 is 5.91 Å². The molecular weight excluding hydrogens is 349 g/mol. The first-order valence-electron chi connectivity index (χ1n) is 9.18. The van der Waals surface area contributed by atoms with Crippen LogP contribution >= 0.6 is 0 Å². The zero-order valence-electron chi connectivity index (χ0n) is 15.0. The van der Waals surface area contributed by atoms with Crippen molar-refractivity contribution in [1.82, 2.24) is 5.32 Å². The second kappa shape index (κ2) is 7.56. The van der Waals surface area contributed by atoms with Gasteiger partial charge in [0.05, 0.1) is 0 Å². The van der Waals surface area contributed by atoms with Crippen LogP contribution in [0, 0.1) is 5.82 Å². The molecule has 1 saturated heterocycles.